The number of aryl methyl sites for hydroxylation is 1. The first kappa shape index (κ1) is 14.6. The SMILES string of the molecule is Cc1cc(Cl)c(C2C(=O)SC(C)(C)C2=O)c(C)c1C. The Morgan fingerprint density at radius 1 is 1.16 bits per heavy atom. The van der Waals surface area contributed by atoms with Gasteiger partial charge >= 0.3 is 0 Å². The van der Waals surface area contributed by atoms with Crippen LogP contribution >= 0.6 is 23.4 Å². The summed E-state index contributed by atoms with van der Waals surface area (Å²) in [5, 5.41) is 0.425. The van der Waals surface area contributed by atoms with Crippen LogP contribution in [0.4, 0.5) is 0 Å². The van der Waals surface area contributed by atoms with Crippen molar-refractivity contribution in [1.82, 2.24) is 0 Å². The number of benzene rings is 1. The van der Waals surface area contributed by atoms with Crippen molar-refractivity contribution in [2.24, 2.45) is 0 Å². The minimum atomic E-state index is -0.716. The number of ketones is 1. The minimum absolute atomic E-state index is 0.0456. The lowest BCUT2D eigenvalue weighted by molar-refractivity contribution is -0.124. The van der Waals surface area contributed by atoms with Crippen LogP contribution in [-0.2, 0) is 9.59 Å². The summed E-state index contributed by atoms with van der Waals surface area (Å²) in [7, 11) is 0. The quantitative estimate of drug-likeness (QED) is 0.735. The fourth-order valence-electron chi connectivity index (χ4n) is 2.47. The molecule has 1 saturated heterocycles. The Morgan fingerprint density at radius 3 is 2.21 bits per heavy atom. The summed E-state index contributed by atoms with van der Waals surface area (Å²) in [4.78, 5) is 24.6. The maximum atomic E-state index is 12.4. The van der Waals surface area contributed by atoms with E-state index in [0.29, 0.717) is 10.6 Å². The average Bonchev–Trinajstić information content (AvgIpc) is 2.48. The lowest BCUT2D eigenvalue weighted by Crippen LogP contribution is -2.26. The molecule has 0 aliphatic carbocycles. The van der Waals surface area contributed by atoms with Gasteiger partial charge in [-0.1, -0.05) is 23.4 Å². The Balaban J connectivity index is 2.64. The highest BCUT2D eigenvalue weighted by Gasteiger charge is 2.49. The summed E-state index contributed by atoms with van der Waals surface area (Å²) in [6.07, 6.45) is 0. The summed E-state index contributed by atoms with van der Waals surface area (Å²) < 4.78 is -0.656. The second-order valence-electron chi connectivity index (χ2n) is 5.57. The molecule has 0 amide bonds. The van der Waals surface area contributed by atoms with Gasteiger partial charge < -0.3 is 0 Å². The van der Waals surface area contributed by atoms with Crippen LogP contribution in [0.1, 0.15) is 42.0 Å². The summed E-state index contributed by atoms with van der Waals surface area (Å²) in [6.45, 7) is 9.49. The van der Waals surface area contributed by atoms with Crippen molar-refractivity contribution < 1.29 is 9.59 Å². The zero-order valence-electron chi connectivity index (χ0n) is 11.8. The molecule has 0 spiro atoms. The molecule has 2 rings (SSSR count). The molecule has 102 valence electrons. The first-order chi connectivity index (χ1) is 8.66. The first-order valence-electron chi connectivity index (χ1n) is 6.20. The average molecular weight is 297 g/mol. The molecule has 1 fully saturated rings. The molecule has 4 heteroatoms. The van der Waals surface area contributed by atoms with Crippen LogP contribution in [0, 0.1) is 20.8 Å². The molecule has 0 bridgehead atoms. The van der Waals surface area contributed by atoms with Gasteiger partial charge in [-0.3, -0.25) is 9.59 Å². The second kappa shape index (κ2) is 4.64. The van der Waals surface area contributed by atoms with Crippen molar-refractivity contribution in [1.29, 1.82) is 0 Å². The number of carbonyl (C=O) groups is 2. The maximum Gasteiger partial charge on any atom is 0.204 e. The molecular weight excluding hydrogens is 280 g/mol. The topological polar surface area (TPSA) is 34.1 Å². The van der Waals surface area contributed by atoms with Gasteiger partial charge in [0.2, 0.25) is 5.12 Å². The van der Waals surface area contributed by atoms with Gasteiger partial charge in [0.1, 0.15) is 5.92 Å². The van der Waals surface area contributed by atoms with Crippen LogP contribution in [0.25, 0.3) is 0 Å². The molecule has 0 radical (unpaired) electrons. The fraction of sp³-hybridized carbons (Fsp3) is 0.467. The van der Waals surface area contributed by atoms with E-state index in [4.69, 9.17) is 11.6 Å². The third-order valence-corrected chi connectivity index (χ3v) is 5.36. The molecule has 2 nitrogen and oxygen atoms in total. The number of Topliss-reactive ketones (excluding diaryl/α,β-unsaturated/α-hetero) is 1. The van der Waals surface area contributed by atoms with Crippen molar-refractivity contribution in [2.45, 2.75) is 45.3 Å². The van der Waals surface area contributed by atoms with Gasteiger partial charge in [-0.15, -0.1) is 0 Å². The van der Waals surface area contributed by atoms with E-state index >= 15 is 0 Å². The third-order valence-electron chi connectivity index (χ3n) is 3.89. The van der Waals surface area contributed by atoms with Crippen molar-refractivity contribution in [3.8, 4) is 0 Å². The van der Waals surface area contributed by atoms with E-state index in [9.17, 15) is 9.59 Å². The van der Waals surface area contributed by atoms with Gasteiger partial charge in [-0.2, -0.15) is 0 Å². The van der Waals surface area contributed by atoms with Gasteiger partial charge in [0, 0.05) is 5.02 Å². The number of halogens is 1. The van der Waals surface area contributed by atoms with Crippen LogP contribution in [-0.4, -0.2) is 15.6 Å². The summed E-state index contributed by atoms with van der Waals surface area (Å²) in [5.41, 5.74) is 3.82. The fourth-order valence-corrected chi connectivity index (χ4v) is 3.95. The van der Waals surface area contributed by atoms with E-state index in [0.717, 1.165) is 28.5 Å². The second-order valence-corrected chi connectivity index (χ2v) is 7.60. The van der Waals surface area contributed by atoms with Gasteiger partial charge in [0.15, 0.2) is 5.78 Å². The predicted octanol–water partition coefficient (Wildman–Crippen LogP) is 3.97. The van der Waals surface area contributed by atoms with Crippen molar-refractivity contribution in [3.63, 3.8) is 0 Å². The largest absolute Gasteiger partial charge is 0.297 e. The normalized spacial score (nSPS) is 22.1. The number of hydrogen-bond acceptors (Lipinski definition) is 3. The highest BCUT2D eigenvalue weighted by atomic mass is 35.5. The molecule has 0 N–H and O–H groups in total. The van der Waals surface area contributed by atoms with Crippen LogP contribution in [0.2, 0.25) is 5.02 Å². The van der Waals surface area contributed by atoms with Crippen LogP contribution in [0.3, 0.4) is 0 Å². The molecule has 0 aromatic heterocycles. The zero-order chi connectivity index (χ0) is 14.5. The smallest absolute Gasteiger partial charge is 0.204 e. The number of hydrogen-bond donors (Lipinski definition) is 0. The predicted molar refractivity (Wildman–Crippen MR) is 80.1 cm³/mol. The molecule has 1 aliphatic rings. The number of rotatable bonds is 1. The van der Waals surface area contributed by atoms with Crippen molar-refractivity contribution in [2.75, 3.05) is 0 Å². The third kappa shape index (κ3) is 2.23. The maximum absolute atomic E-state index is 12.4. The summed E-state index contributed by atoms with van der Waals surface area (Å²) >= 11 is 7.41. The van der Waals surface area contributed by atoms with Gasteiger partial charge in [0.05, 0.1) is 4.75 Å². The monoisotopic (exact) mass is 296 g/mol. The van der Waals surface area contributed by atoms with Crippen LogP contribution in [0.15, 0.2) is 6.07 Å². The van der Waals surface area contributed by atoms with Crippen molar-refractivity contribution in [3.05, 3.63) is 33.3 Å². The summed E-state index contributed by atoms with van der Waals surface area (Å²) in [6, 6.07) is 1.84. The number of carbonyl (C=O) groups excluding carboxylic acids is 2. The molecule has 1 heterocycles. The molecule has 19 heavy (non-hydrogen) atoms. The minimum Gasteiger partial charge on any atom is -0.297 e. The van der Waals surface area contributed by atoms with Crippen LogP contribution < -0.4 is 0 Å². The van der Waals surface area contributed by atoms with E-state index in [1.165, 1.54) is 0 Å². The lowest BCUT2D eigenvalue weighted by atomic mass is 9.85. The van der Waals surface area contributed by atoms with E-state index in [-0.39, 0.29) is 10.9 Å². The molecule has 0 saturated carbocycles. The lowest BCUT2D eigenvalue weighted by Gasteiger charge is -2.18. The van der Waals surface area contributed by atoms with E-state index < -0.39 is 10.7 Å². The zero-order valence-corrected chi connectivity index (χ0v) is 13.3. The van der Waals surface area contributed by atoms with Gasteiger partial charge in [-0.25, -0.2) is 0 Å². The highest BCUT2D eigenvalue weighted by molar-refractivity contribution is 8.16. The molecular formula is C15H17ClO2S. The first-order valence-corrected chi connectivity index (χ1v) is 7.39. The Hall–Kier alpha value is -0.800. The number of thioether (sulfide) groups is 1. The van der Waals surface area contributed by atoms with E-state index in [1.54, 1.807) is 13.8 Å². The Bertz CT molecular complexity index is 590. The Labute approximate surface area is 122 Å². The molecule has 1 aromatic carbocycles. The molecule has 1 aliphatic heterocycles. The highest BCUT2D eigenvalue weighted by Crippen LogP contribution is 2.46. The van der Waals surface area contributed by atoms with Gasteiger partial charge in [-0.05, 0) is 62.9 Å². The molecule has 1 aromatic rings. The van der Waals surface area contributed by atoms with E-state index in [1.807, 2.05) is 26.8 Å². The van der Waals surface area contributed by atoms with Crippen molar-refractivity contribution >= 4 is 34.3 Å². The van der Waals surface area contributed by atoms with Gasteiger partial charge in [0.25, 0.3) is 0 Å². The molecule has 1 atom stereocenters. The molecule has 1 unspecified atom stereocenters. The Morgan fingerprint density at radius 2 is 1.74 bits per heavy atom. The van der Waals surface area contributed by atoms with E-state index in [2.05, 4.69) is 0 Å². The Kier molecular flexibility index (Phi) is 3.56. The standard InChI is InChI=1S/C15H17ClO2S/c1-7-6-10(16)11(9(3)8(7)2)12-13(17)15(4,5)19-14(12)18/h6,12H,1-5H3. The summed E-state index contributed by atoms with van der Waals surface area (Å²) in [5.74, 6) is -0.762. The van der Waals surface area contributed by atoms with Crippen LogP contribution in [0.5, 0.6) is 0 Å².